The number of ether oxygens (including phenoxy) is 3. The number of nitrogens with one attached hydrogen (secondary N) is 2. The van der Waals surface area contributed by atoms with Crippen LogP contribution in [0.15, 0.2) is 47.4 Å². The summed E-state index contributed by atoms with van der Waals surface area (Å²) in [5.74, 6) is -0.216. The van der Waals surface area contributed by atoms with Crippen molar-refractivity contribution in [2.75, 3.05) is 36.5 Å². The van der Waals surface area contributed by atoms with E-state index in [-0.39, 0.29) is 29.8 Å². The Labute approximate surface area is 170 Å². The SMILES string of the molecule is CCOc1cc(NC(=O)C2COCCO2)ccc1S(=O)(=O)Nc1cccc(C)c1. The highest BCUT2D eigenvalue weighted by Crippen LogP contribution is 2.29. The summed E-state index contributed by atoms with van der Waals surface area (Å²) in [4.78, 5) is 12.3. The van der Waals surface area contributed by atoms with Gasteiger partial charge in [0.15, 0.2) is 6.10 Å². The molecular formula is C20H24N2O6S. The van der Waals surface area contributed by atoms with Crippen molar-refractivity contribution in [2.45, 2.75) is 24.8 Å². The Bertz CT molecular complexity index is 971. The zero-order chi connectivity index (χ0) is 20.9. The molecule has 2 aromatic carbocycles. The molecule has 0 saturated carbocycles. The molecule has 8 nitrogen and oxygen atoms in total. The van der Waals surface area contributed by atoms with Crippen LogP contribution in [0.1, 0.15) is 12.5 Å². The summed E-state index contributed by atoms with van der Waals surface area (Å²) in [6.07, 6.45) is -0.703. The Morgan fingerprint density at radius 2 is 2.00 bits per heavy atom. The molecule has 3 rings (SSSR count). The highest BCUT2D eigenvalue weighted by molar-refractivity contribution is 7.92. The van der Waals surface area contributed by atoms with Crippen molar-refractivity contribution in [2.24, 2.45) is 0 Å². The molecule has 0 bridgehead atoms. The van der Waals surface area contributed by atoms with Crippen LogP contribution in [0.3, 0.4) is 0 Å². The lowest BCUT2D eigenvalue weighted by atomic mass is 10.2. The van der Waals surface area contributed by atoms with Gasteiger partial charge in [-0.25, -0.2) is 8.42 Å². The minimum Gasteiger partial charge on any atom is -0.492 e. The number of anilines is 2. The summed E-state index contributed by atoms with van der Waals surface area (Å²) >= 11 is 0. The van der Waals surface area contributed by atoms with Crippen LogP contribution in [-0.4, -0.2) is 46.9 Å². The van der Waals surface area contributed by atoms with Gasteiger partial charge in [0, 0.05) is 17.4 Å². The molecule has 2 N–H and O–H groups in total. The van der Waals surface area contributed by atoms with E-state index in [1.165, 1.54) is 18.2 Å². The van der Waals surface area contributed by atoms with E-state index in [0.717, 1.165) is 5.56 Å². The average Bonchev–Trinajstić information content (AvgIpc) is 2.68. The largest absolute Gasteiger partial charge is 0.492 e. The summed E-state index contributed by atoms with van der Waals surface area (Å²) in [5.41, 5.74) is 1.80. The van der Waals surface area contributed by atoms with E-state index in [1.54, 1.807) is 25.1 Å². The van der Waals surface area contributed by atoms with Crippen molar-refractivity contribution in [3.05, 3.63) is 48.0 Å². The summed E-state index contributed by atoms with van der Waals surface area (Å²) in [7, 11) is -3.88. The standard InChI is InChI=1S/C20H24N2O6S/c1-3-27-17-12-15(21-20(23)18-13-26-9-10-28-18)7-8-19(17)29(24,25)22-16-6-4-5-14(2)11-16/h4-8,11-12,18,22H,3,9-10,13H2,1-2H3,(H,21,23). The molecule has 1 aliphatic heterocycles. The highest BCUT2D eigenvalue weighted by atomic mass is 32.2. The second-order valence-corrected chi connectivity index (χ2v) is 8.14. The lowest BCUT2D eigenvalue weighted by molar-refractivity contribution is -0.142. The van der Waals surface area contributed by atoms with Gasteiger partial charge in [-0.15, -0.1) is 0 Å². The van der Waals surface area contributed by atoms with Gasteiger partial charge < -0.3 is 19.5 Å². The fourth-order valence-electron chi connectivity index (χ4n) is 2.86. The number of amides is 1. The van der Waals surface area contributed by atoms with E-state index < -0.39 is 16.1 Å². The molecule has 29 heavy (non-hydrogen) atoms. The van der Waals surface area contributed by atoms with Gasteiger partial charge in [0.25, 0.3) is 15.9 Å². The number of hydrogen-bond donors (Lipinski definition) is 2. The summed E-state index contributed by atoms with van der Waals surface area (Å²) < 4.78 is 44.4. The third kappa shape index (κ3) is 5.47. The van der Waals surface area contributed by atoms with E-state index in [0.29, 0.717) is 24.6 Å². The van der Waals surface area contributed by atoms with Crippen LogP contribution < -0.4 is 14.8 Å². The molecule has 1 amide bonds. The number of aryl methyl sites for hydroxylation is 1. The van der Waals surface area contributed by atoms with E-state index in [4.69, 9.17) is 14.2 Å². The fraction of sp³-hybridized carbons (Fsp3) is 0.350. The van der Waals surface area contributed by atoms with Crippen LogP contribution in [0.2, 0.25) is 0 Å². The van der Waals surface area contributed by atoms with Gasteiger partial charge in [-0.3, -0.25) is 9.52 Å². The Morgan fingerprint density at radius 3 is 2.69 bits per heavy atom. The predicted octanol–water partition coefficient (Wildman–Crippen LogP) is 2.55. The Kier molecular flexibility index (Phi) is 6.73. The summed E-state index contributed by atoms with van der Waals surface area (Å²) in [5, 5.41) is 2.71. The molecule has 2 aromatic rings. The maximum atomic E-state index is 12.9. The van der Waals surface area contributed by atoms with Crippen molar-refractivity contribution in [3.8, 4) is 5.75 Å². The first-order valence-corrected chi connectivity index (χ1v) is 10.7. The molecule has 0 radical (unpaired) electrons. The number of carbonyl (C=O) groups excluding carboxylic acids is 1. The van der Waals surface area contributed by atoms with Crippen molar-refractivity contribution < 1.29 is 27.4 Å². The molecule has 1 aliphatic rings. The second-order valence-electron chi connectivity index (χ2n) is 6.49. The van der Waals surface area contributed by atoms with Crippen molar-refractivity contribution >= 4 is 27.3 Å². The number of sulfonamides is 1. The molecule has 1 heterocycles. The number of benzene rings is 2. The van der Waals surface area contributed by atoms with Crippen LogP contribution in [0.4, 0.5) is 11.4 Å². The predicted molar refractivity (Wildman–Crippen MR) is 109 cm³/mol. The lowest BCUT2D eigenvalue weighted by Crippen LogP contribution is -2.39. The Morgan fingerprint density at radius 1 is 1.17 bits per heavy atom. The number of rotatable bonds is 7. The molecule has 1 fully saturated rings. The lowest BCUT2D eigenvalue weighted by Gasteiger charge is -2.22. The third-order valence-electron chi connectivity index (χ3n) is 4.18. The highest BCUT2D eigenvalue weighted by Gasteiger charge is 2.24. The van der Waals surface area contributed by atoms with E-state index in [1.807, 2.05) is 13.0 Å². The van der Waals surface area contributed by atoms with Crippen LogP contribution in [-0.2, 0) is 24.3 Å². The number of carbonyl (C=O) groups is 1. The maximum absolute atomic E-state index is 12.9. The van der Waals surface area contributed by atoms with Gasteiger partial charge in [0.2, 0.25) is 0 Å². The first-order valence-electron chi connectivity index (χ1n) is 9.25. The number of hydrogen-bond acceptors (Lipinski definition) is 6. The molecule has 0 aromatic heterocycles. The maximum Gasteiger partial charge on any atom is 0.265 e. The monoisotopic (exact) mass is 420 g/mol. The van der Waals surface area contributed by atoms with Gasteiger partial charge >= 0.3 is 0 Å². The molecule has 9 heteroatoms. The topological polar surface area (TPSA) is 103 Å². The first kappa shape index (κ1) is 21.1. The fourth-order valence-corrected chi connectivity index (χ4v) is 4.03. The molecule has 156 valence electrons. The molecule has 0 spiro atoms. The second kappa shape index (κ2) is 9.25. The first-order chi connectivity index (χ1) is 13.9. The van der Waals surface area contributed by atoms with Gasteiger partial charge in [-0.05, 0) is 43.7 Å². The summed E-state index contributed by atoms with van der Waals surface area (Å²) in [6.45, 7) is 4.88. The van der Waals surface area contributed by atoms with Crippen molar-refractivity contribution in [3.63, 3.8) is 0 Å². The van der Waals surface area contributed by atoms with Crippen LogP contribution in [0, 0.1) is 6.92 Å². The van der Waals surface area contributed by atoms with Gasteiger partial charge in [0.1, 0.15) is 10.6 Å². The Balaban J connectivity index is 1.82. The molecule has 0 aliphatic carbocycles. The van der Waals surface area contributed by atoms with Crippen molar-refractivity contribution in [1.82, 2.24) is 0 Å². The molecule has 1 atom stereocenters. The van der Waals surface area contributed by atoms with E-state index in [9.17, 15) is 13.2 Å². The minimum atomic E-state index is -3.88. The van der Waals surface area contributed by atoms with E-state index >= 15 is 0 Å². The van der Waals surface area contributed by atoms with Gasteiger partial charge in [0.05, 0.1) is 26.4 Å². The summed E-state index contributed by atoms with van der Waals surface area (Å²) in [6, 6.07) is 11.4. The zero-order valence-corrected chi connectivity index (χ0v) is 17.1. The Hall–Kier alpha value is -2.62. The normalized spacial score (nSPS) is 16.8. The van der Waals surface area contributed by atoms with Gasteiger partial charge in [-0.2, -0.15) is 0 Å². The quantitative estimate of drug-likeness (QED) is 0.714. The molecular weight excluding hydrogens is 396 g/mol. The smallest absolute Gasteiger partial charge is 0.265 e. The van der Waals surface area contributed by atoms with Crippen molar-refractivity contribution in [1.29, 1.82) is 0 Å². The molecule has 1 saturated heterocycles. The van der Waals surface area contributed by atoms with Crippen LogP contribution in [0.5, 0.6) is 5.75 Å². The zero-order valence-electron chi connectivity index (χ0n) is 16.3. The van der Waals surface area contributed by atoms with E-state index in [2.05, 4.69) is 10.0 Å². The minimum absolute atomic E-state index is 0.0175. The van der Waals surface area contributed by atoms with Crippen LogP contribution >= 0.6 is 0 Å². The average molecular weight is 420 g/mol. The van der Waals surface area contributed by atoms with Crippen LogP contribution in [0.25, 0.3) is 0 Å². The third-order valence-corrected chi connectivity index (χ3v) is 5.60. The van der Waals surface area contributed by atoms with Gasteiger partial charge in [-0.1, -0.05) is 12.1 Å². The molecule has 1 unspecified atom stereocenters.